The second kappa shape index (κ2) is 10.1. The molecule has 1 aromatic carbocycles. The molecule has 0 aliphatic carbocycles. The van der Waals surface area contributed by atoms with E-state index in [9.17, 15) is 4.79 Å². The van der Waals surface area contributed by atoms with Crippen LogP contribution in [0.5, 0.6) is 11.5 Å². The molecule has 0 saturated heterocycles. The molecular formula is C15H21BrN4O3S. The van der Waals surface area contributed by atoms with E-state index in [0.29, 0.717) is 27.7 Å². The lowest BCUT2D eigenvalue weighted by Crippen LogP contribution is -2.28. The van der Waals surface area contributed by atoms with Crippen molar-refractivity contribution in [2.75, 3.05) is 34.4 Å². The smallest absolute Gasteiger partial charge is 0.259 e. The summed E-state index contributed by atoms with van der Waals surface area (Å²) in [6.45, 7) is 2.26. The molecule has 0 radical (unpaired) electrons. The molecule has 1 rings (SSSR count). The summed E-state index contributed by atoms with van der Waals surface area (Å²) >= 11 is 8.38. The predicted molar refractivity (Wildman–Crippen MR) is 102 cm³/mol. The Kier molecular flexibility index (Phi) is 8.48. The maximum Gasteiger partial charge on any atom is 0.259 e. The second-order valence-electron chi connectivity index (χ2n) is 4.79. The topological polar surface area (TPSA) is 75.2 Å². The fraction of sp³-hybridized carbons (Fsp3) is 0.400. The quantitative estimate of drug-likeness (QED) is 0.400. The lowest BCUT2D eigenvalue weighted by atomic mass is 10.2. The number of likely N-dealkylation sites (N-methyl/N-ethyl adjacent to an activating group) is 1. The van der Waals surface area contributed by atoms with E-state index in [4.69, 9.17) is 21.7 Å². The van der Waals surface area contributed by atoms with Crippen molar-refractivity contribution in [3.63, 3.8) is 0 Å². The van der Waals surface area contributed by atoms with Gasteiger partial charge in [-0.1, -0.05) is 0 Å². The molecule has 0 spiro atoms. The minimum atomic E-state index is -0.139. The van der Waals surface area contributed by atoms with Crippen LogP contribution in [-0.2, 0) is 4.79 Å². The molecule has 132 valence electrons. The minimum Gasteiger partial charge on any atom is -0.490 e. The average molecular weight is 417 g/mol. The molecule has 1 amide bonds. The first-order valence-electron chi connectivity index (χ1n) is 7.19. The van der Waals surface area contributed by atoms with Gasteiger partial charge in [-0.3, -0.25) is 10.2 Å². The van der Waals surface area contributed by atoms with Crippen molar-refractivity contribution in [2.24, 2.45) is 5.10 Å². The van der Waals surface area contributed by atoms with Crippen LogP contribution in [-0.4, -0.2) is 56.5 Å². The standard InChI is InChI=1S/C15H21BrN4O3S/c1-5-22-12-7-10(8-18-19-15(24)17-2)6-11(16)14(12)23-9-13(21)20(3)4/h6-8H,5,9H2,1-4H3,(H2,17,19,24). The van der Waals surface area contributed by atoms with Gasteiger partial charge in [0.05, 0.1) is 17.3 Å². The summed E-state index contributed by atoms with van der Waals surface area (Å²) in [5.74, 6) is 0.860. The van der Waals surface area contributed by atoms with Gasteiger partial charge in [-0.15, -0.1) is 0 Å². The van der Waals surface area contributed by atoms with Crippen molar-refractivity contribution in [3.8, 4) is 11.5 Å². The van der Waals surface area contributed by atoms with Gasteiger partial charge in [0.15, 0.2) is 23.2 Å². The lowest BCUT2D eigenvalue weighted by Gasteiger charge is -2.16. The van der Waals surface area contributed by atoms with Crippen LogP contribution in [0.2, 0.25) is 0 Å². The highest BCUT2D eigenvalue weighted by Gasteiger charge is 2.14. The third-order valence-electron chi connectivity index (χ3n) is 2.78. The normalized spacial score (nSPS) is 10.4. The number of carbonyl (C=O) groups excluding carboxylic acids is 1. The van der Waals surface area contributed by atoms with E-state index < -0.39 is 0 Å². The van der Waals surface area contributed by atoms with Gasteiger partial charge in [0.1, 0.15) is 0 Å². The number of hydrogen-bond acceptors (Lipinski definition) is 5. The summed E-state index contributed by atoms with van der Waals surface area (Å²) < 4.78 is 11.9. The van der Waals surface area contributed by atoms with E-state index in [1.807, 2.05) is 13.0 Å². The fourth-order valence-electron chi connectivity index (χ4n) is 1.55. The summed E-state index contributed by atoms with van der Waals surface area (Å²) in [4.78, 5) is 13.2. The van der Waals surface area contributed by atoms with E-state index in [0.717, 1.165) is 5.56 Å². The van der Waals surface area contributed by atoms with Crippen LogP contribution in [0.1, 0.15) is 12.5 Å². The van der Waals surface area contributed by atoms with Crippen LogP contribution in [0.25, 0.3) is 0 Å². The molecule has 0 aromatic heterocycles. The van der Waals surface area contributed by atoms with Gasteiger partial charge in [0, 0.05) is 21.1 Å². The molecule has 0 aliphatic heterocycles. The van der Waals surface area contributed by atoms with Gasteiger partial charge in [0.2, 0.25) is 0 Å². The summed E-state index contributed by atoms with van der Waals surface area (Å²) in [7, 11) is 5.05. The molecule has 0 bridgehead atoms. The van der Waals surface area contributed by atoms with E-state index in [1.54, 1.807) is 33.4 Å². The number of thiocarbonyl (C=S) groups is 1. The van der Waals surface area contributed by atoms with Gasteiger partial charge in [-0.05, 0) is 52.8 Å². The largest absolute Gasteiger partial charge is 0.490 e. The molecular weight excluding hydrogens is 396 g/mol. The van der Waals surface area contributed by atoms with Crippen molar-refractivity contribution in [3.05, 3.63) is 22.2 Å². The first-order valence-corrected chi connectivity index (χ1v) is 8.39. The fourth-order valence-corrected chi connectivity index (χ4v) is 2.18. The maximum atomic E-state index is 11.7. The molecule has 0 heterocycles. The summed E-state index contributed by atoms with van der Waals surface area (Å²) in [5.41, 5.74) is 3.45. The molecule has 0 aliphatic rings. The van der Waals surface area contributed by atoms with E-state index in [-0.39, 0.29) is 12.5 Å². The molecule has 0 atom stereocenters. The highest BCUT2D eigenvalue weighted by atomic mass is 79.9. The summed E-state index contributed by atoms with van der Waals surface area (Å²) in [6.07, 6.45) is 1.60. The third kappa shape index (κ3) is 6.32. The van der Waals surface area contributed by atoms with Gasteiger partial charge in [-0.2, -0.15) is 5.10 Å². The molecule has 0 saturated carbocycles. The van der Waals surface area contributed by atoms with E-state index in [1.165, 1.54) is 4.90 Å². The number of carbonyl (C=O) groups is 1. The zero-order valence-corrected chi connectivity index (χ0v) is 16.5. The Hall–Kier alpha value is -1.87. The first kappa shape index (κ1) is 20.2. The molecule has 0 fully saturated rings. The number of halogens is 1. The highest BCUT2D eigenvalue weighted by Crippen LogP contribution is 2.36. The lowest BCUT2D eigenvalue weighted by molar-refractivity contribution is -0.130. The first-order chi connectivity index (χ1) is 11.4. The Balaban J connectivity index is 2.96. The van der Waals surface area contributed by atoms with Crippen molar-refractivity contribution < 1.29 is 14.3 Å². The molecule has 9 heteroatoms. The number of nitrogens with zero attached hydrogens (tertiary/aromatic N) is 2. The Bertz CT molecular complexity index is 623. The third-order valence-corrected chi connectivity index (χ3v) is 3.66. The van der Waals surface area contributed by atoms with Crippen molar-refractivity contribution in [1.29, 1.82) is 0 Å². The number of amides is 1. The SMILES string of the molecule is CCOc1cc(C=NNC(=S)NC)cc(Br)c1OCC(=O)N(C)C. The van der Waals surface area contributed by atoms with E-state index >= 15 is 0 Å². The van der Waals surface area contributed by atoms with Gasteiger partial charge < -0.3 is 19.7 Å². The van der Waals surface area contributed by atoms with Crippen molar-refractivity contribution >= 4 is 45.4 Å². The zero-order valence-electron chi connectivity index (χ0n) is 14.1. The Labute approximate surface area is 155 Å². The van der Waals surface area contributed by atoms with E-state index in [2.05, 4.69) is 31.8 Å². The van der Waals surface area contributed by atoms with Crippen LogP contribution >= 0.6 is 28.1 Å². The average Bonchev–Trinajstić information content (AvgIpc) is 2.53. The van der Waals surface area contributed by atoms with Gasteiger partial charge in [-0.25, -0.2) is 0 Å². The molecule has 2 N–H and O–H groups in total. The monoisotopic (exact) mass is 416 g/mol. The maximum absolute atomic E-state index is 11.7. The second-order valence-corrected chi connectivity index (χ2v) is 6.05. The van der Waals surface area contributed by atoms with Crippen LogP contribution in [0.4, 0.5) is 0 Å². The Morgan fingerprint density at radius 2 is 2.12 bits per heavy atom. The summed E-state index contributed by atoms with van der Waals surface area (Å²) in [5, 5.41) is 7.20. The van der Waals surface area contributed by atoms with Gasteiger partial charge in [0.25, 0.3) is 5.91 Å². The number of hydrazone groups is 1. The number of benzene rings is 1. The molecule has 24 heavy (non-hydrogen) atoms. The van der Waals surface area contributed by atoms with Crippen LogP contribution < -0.4 is 20.2 Å². The molecule has 0 unspecified atom stereocenters. The Morgan fingerprint density at radius 3 is 2.71 bits per heavy atom. The predicted octanol–water partition coefficient (Wildman–Crippen LogP) is 1.74. The van der Waals surface area contributed by atoms with Crippen molar-refractivity contribution in [2.45, 2.75) is 6.92 Å². The molecule has 1 aromatic rings. The zero-order chi connectivity index (χ0) is 18.1. The van der Waals surface area contributed by atoms with Gasteiger partial charge >= 0.3 is 0 Å². The van der Waals surface area contributed by atoms with Crippen LogP contribution in [0.3, 0.4) is 0 Å². The summed E-state index contributed by atoms with van der Waals surface area (Å²) in [6, 6.07) is 3.59. The van der Waals surface area contributed by atoms with Crippen molar-refractivity contribution in [1.82, 2.24) is 15.6 Å². The molecule has 7 nitrogen and oxygen atoms in total. The van der Waals surface area contributed by atoms with Crippen LogP contribution in [0, 0.1) is 0 Å². The number of nitrogens with one attached hydrogen (secondary N) is 2. The number of hydrogen-bond donors (Lipinski definition) is 2. The minimum absolute atomic E-state index is 0.0723. The van der Waals surface area contributed by atoms with Crippen LogP contribution in [0.15, 0.2) is 21.7 Å². The number of rotatable bonds is 7. The highest BCUT2D eigenvalue weighted by molar-refractivity contribution is 9.10. The Morgan fingerprint density at radius 1 is 1.42 bits per heavy atom. The number of ether oxygens (including phenoxy) is 2.